The van der Waals surface area contributed by atoms with Crippen molar-refractivity contribution in [2.24, 2.45) is 0 Å². The molecule has 0 spiro atoms. The second kappa shape index (κ2) is 7.20. The van der Waals surface area contributed by atoms with Crippen LogP contribution < -0.4 is 5.32 Å². The monoisotopic (exact) mass is 322 g/mol. The molecule has 0 radical (unpaired) electrons. The van der Waals surface area contributed by atoms with Gasteiger partial charge in [0.2, 0.25) is 0 Å². The molecule has 116 valence electrons. The van der Waals surface area contributed by atoms with Crippen LogP contribution in [0.25, 0.3) is 11.1 Å². The Labute approximate surface area is 140 Å². The SMILES string of the molecule is Cc1cc(-c2cccc(O)c2)cnc1N/C=C/C1=CSC=CC1. The molecule has 0 saturated carbocycles. The molecule has 23 heavy (non-hydrogen) atoms. The van der Waals surface area contributed by atoms with E-state index in [0.717, 1.165) is 28.9 Å². The summed E-state index contributed by atoms with van der Waals surface area (Å²) in [6.45, 7) is 2.02. The van der Waals surface area contributed by atoms with Gasteiger partial charge >= 0.3 is 0 Å². The number of allylic oxidation sites excluding steroid dienone is 3. The quantitative estimate of drug-likeness (QED) is 0.810. The average molecular weight is 322 g/mol. The zero-order chi connectivity index (χ0) is 16.1. The van der Waals surface area contributed by atoms with Crippen molar-refractivity contribution in [1.29, 1.82) is 0 Å². The van der Waals surface area contributed by atoms with Crippen molar-refractivity contribution in [3.63, 3.8) is 0 Å². The number of hydrogen-bond acceptors (Lipinski definition) is 4. The number of aromatic nitrogens is 1. The van der Waals surface area contributed by atoms with Gasteiger partial charge in [0.05, 0.1) is 0 Å². The van der Waals surface area contributed by atoms with Gasteiger partial charge in [-0.05, 0) is 65.1 Å². The Morgan fingerprint density at radius 2 is 2.17 bits per heavy atom. The van der Waals surface area contributed by atoms with Gasteiger partial charge in [0.15, 0.2) is 0 Å². The van der Waals surface area contributed by atoms with Gasteiger partial charge < -0.3 is 10.4 Å². The van der Waals surface area contributed by atoms with Crippen LogP contribution in [0.4, 0.5) is 5.82 Å². The number of thioether (sulfide) groups is 1. The molecular weight excluding hydrogens is 304 g/mol. The summed E-state index contributed by atoms with van der Waals surface area (Å²) >= 11 is 1.70. The smallest absolute Gasteiger partial charge is 0.132 e. The highest BCUT2D eigenvalue weighted by molar-refractivity contribution is 8.05. The number of anilines is 1. The molecular formula is C19H18N2OS. The fourth-order valence-electron chi connectivity index (χ4n) is 2.32. The molecule has 2 N–H and O–H groups in total. The Morgan fingerprint density at radius 1 is 1.26 bits per heavy atom. The Bertz CT molecular complexity index is 794. The first-order chi connectivity index (χ1) is 11.2. The van der Waals surface area contributed by atoms with E-state index in [9.17, 15) is 5.11 Å². The lowest BCUT2D eigenvalue weighted by Gasteiger charge is -2.08. The third-order valence-electron chi connectivity index (χ3n) is 3.52. The van der Waals surface area contributed by atoms with E-state index >= 15 is 0 Å². The second-order valence-corrected chi connectivity index (χ2v) is 6.10. The molecule has 0 unspecified atom stereocenters. The number of aromatic hydroxyl groups is 1. The van der Waals surface area contributed by atoms with E-state index in [0.29, 0.717) is 0 Å². The molecule has 1 aliphatic heterocycles. The van der Waals surface area contributed by atoms with Crippen molar-refractivity contribution in [2.45, 2.75) is 13.3 Å². The number of aryl methyl sites for hydroxylation is 1. The minimum Gasteiger partial charge on any atom is -0.508 e. The third kappa shape index (κ3) is 4.05. The second-order valence-electron chi connectivity index (χ2n) is 5.32. The molecule has 4 heteroatoms. The van der Waals surface area contributed by atoms with Gasteiger partial charge in [0.25, 0.3) is 0 Å². The topological polar surface area (TPSA) is 45.2 Å². The molecule has 2 heterocycles. The van der Waals surface area contributed by atoms with Crippen molar-refractivity contribution in [3.05, 3.63) is 76.8 Å². The summed E-state index contributed by atoms with van der Waals surface area (Å²) in [4.78, 5) is 4.48. The summed E-state index contributed by atoms with van der Waals surface area (Å²) in [5, 5.41) is 17.1. The van der Waals surface area contributed by atoms with Crippen LogP contribution in [0.5, 0.6) is 5.75 Å². The molecule has 3 rings (SSSR count). The van der Waals surface area contributed by atoms with Crippen LogP contribution in [0.3, 0.4) is 0 Å². The summed E-state index contributed by atoms with van der Waals surface area (Å²) in [6, 6.07) is 9.27. The maximum Gasteiger partial charge on any atom is 0.132 e. The maximum absolute atomic E-state index is 9.58. The number of hydrogen-bond donors (Lipinski definition) is 2. The van der Waals surface area contributed by atoms with Gasteiger partial charge in [-0.3, -0.25) is 0 Å². The molecule has 0 atom stereocenters. The van der Waals surface area contributed by atoms with Gasteiger partial charge in [-0.15, -0.1) is 11.8 Å². The predicted molar refractivity (Wildman–Crippen MR) is 98.3 cm³/mol. The molecule has 1 aromatic carbocycles. The number of benzene rings is 1. The zero-order valence-corrected chi connectivity index (χ0v) is 13.7. The van der Waals surface area contributed by atoms with E-state index in [1.807, 2.05) is 31.5 Å². The Kier molecular flexibility index (Phi) is 4.83. The van der Waals surface area contributed by atoms with Gasteiger partial charge in [0.1, 0.15) is 11.6 Å². The van der Waals surface area contributed by atoms with Crippen LogP contribution in [0.2, 0.25) is 0 Å². The molecule has 0 saturated heterocycles. The highest BCUT2D eigenvalue weighted by Crippen LogP contribution is 2.25. The van der Waals surface area contributed by atoms with E-state index < -0.39 is 0 Å². The zero-order valence-electron chi connectivity index (χ0n) is 12.9. The fraction of sp³-hybridized carbons (Fsp3) is 0.105. The van der Waals surface area contributed by atoms with E-state index in [4.69, 9.17) is 0 Å². The Morgan fingerprint density at radius 3 is 2.91 bits per heavy atom. The van der Waals surface area contributed by atoms with E-state index in [-0.39, 0.29) is 5.75 Å². The summed E-state index contributed by atoms with van der Waals surface area (Å²) in [6.07, 6.45) is 8.93. The van der Waals surface area contributed by atoms with Gasteiger partial charge in [-0.25, -0.2) is 4.98 Å². The van der Waals surface area contributed by atoms with Crippen LogP contribution in [-0.2, 0) is 0 Å². The van der Waals surface area contributed by atoms with E-state index in [2.05, 4.69) is 39.3 Å². The van der Waals surface area contributed by atoms with E-state index in [1.165, 1.54) is 5.57 Å². The van der Waals surface area contributed by atoms with Crippen LogP contribution >= 0.6 is 11.8 Å². The minimum atomic E-state index is 0.262. The van der Waals surface area contributed by atoms with Gasteiger partial charge in [-0.1, -0.05) is 18.2 Å². The average Bonchev–Trinajstić information content (AvgIpc) is 2.57. The van der Waals surface area contributed by atoms with Crippen molar-refractivity contribution < 1.29 is 5.11 Å². The number of nitrogens with zero attached hydrogens (tertiary/aromatic N) is 1. The maximum atomic E-state index is 9.58. The molecule has 0 bridgehead atoms. The number of rotatable bonds is 4. The Hall–Kier alpha value is -2.46. The first kappa shape index (κ1) is 15.4. The summed E-state index contributed by atoms with van der Waals surface area (Å²) in [7, 11) is 0. The molecule has 0 aliphatic carbocycles. The number of nitrogens with one attached hydrogen (secondary N) is 1. The first-order valence-electron chi connectivity index (χ1n) is 7.41. The number of pyridine rings is 1. The first-order valence-corrected chi connectivity index (χ1v) is 8.35. The van der Waals surface area contributed by atoms with Crippen molar-refractivity contribution >= 4 is 17.6 Å². The molecule has 0 amide bonds. The Balaban J connectivity index is 1.72. The van der Waals surface area contributed by atoms with Crippen LogP contribution in [-0.4, -0.2) is 10.1 Å². The molecule has 2 aromatic rings. The fourth-order valence-corrected chi connectivity index (χ4v) is 2.95. The lowest BCUT2D eigenvalue weighted by molar-refractivity contribution is 0.475. The molecule has 1 aromatic heterocycles. The van der Waals surface area contributed by atoms with Crippen LogP contribution in [0.1, 0.15) is 12.0 Å². The lowest BCUT2D eigenvalue weighted by atomic mass is 10.1. The summed E-state index contributed by atoms with van der Waals surface area (Å²) in [5.74, 6) is 1.10. The highest BCUT2D eigenvalue weighted by Gasteiger charge is 2.03. The molecule has 0 fully saturated rings. The minimum absolute atomic E-state index is 0.262. The van der Waals surface area contributed by atoms with Gasteiger partial charge in [-0.2, -0.15) is 0 Å². The number of phenols is 1. The van der Waals surface area contributed by atoms with E-state index in [1.54, 1.807) is 23.9 Å². The summed E-state index contributed by atoms with van der Waals surface area (Å²) in [5.41, 5.74) is 4.28. The standard InChI is InChI=1S/C19H18N2OS/c1-14-10-17(16-5-2-6-18(22)11-16)12-21-19(14)20-8-7-15-4-3-9-23-13-15/h2-3,5-13,22H,4H2,1H3,(H,20,21)/b8-7+. The molecule has 1 aliphatic rings. The lowest BCUT2D eigenvalue weighted by Crippen LogP contribution is -1.95. The van der Waals surface area contributed by atoms with Crippen molar-refractivity contribution in [3.8, 4) is 16.9 Å². The van der Waals surface area contributed by atoms with Crippen LogP contribution in [0, 0.1) is 6.92 Å². The normalized spacial score (nSPS) is 14.0. The van der Waals surface area contributed by atoms with Crippen molar-refractivity contribution in [2.75, 3.05) is 5.32 Å². The largest absolute Gasteiger partial charge is 0.508 e. The predicted octanol–water partition coefficient (Wildman–Crippen LogP) is 5.22. The third-order valence-corrected chi connectivity index (χ3v) is 4.31. The summed E-state index contributed by atoms with van der Waals surface area (Å²) < 4.78 is 0. The number of phenolic OH excluding ortho intramolecular Hbond substituents is 1. The highest BCUT2D eigenvalue weighted by atomic mass is 32.2. The van der Waals surface area contributed by atoms with Crippen LogP contribution in [0.15, 0.2) is 71.3 Å². The van der Waals surface area contributed by atoms with Crippen molar-refractivity contribution in [1.82, 2.24) is 4.98 Å². The van der Waals surface area contributed by atoms with Gasteiger partial charge in [0, 0.05) is 18.0 Å². The molecule has 3 nitrogen and oxygen atoms in total.